The number of hydrogen-bond donors (Lipinski definition) is 1. The third-order valence-corrected chi connectivity index (χ3v) is 5.62. The quantitative estimate of drug-likeness (QED) is 0.243. The minimum atomic E-state index is -0.516. The predicted octanol–water partition coefficient (Wildman–Crippen LogP) is 4.02. The van der Waals surface area contributed by atoms with Gasteiger partial charge >= 0.3 is 5.97 Å². The van der Waals surface area contributed by atoms with E-state index in [1.807, 2.05) is 42.5 Å². The number of amides is 1. The number of para-hydroxylation sites is 1. The highest BCUT2D eigenvalue weighted by Crippen LogP contribution is 2.32. The molecule has 0 aliphatic heterocycles. The van der Waals surface area contributed by atoms with Crippen LogP contribution in [-0.2, 0) is 20.7 Å². The molecule has 158 valence electrons. The zero-order chi connectivity index (χ0) is 21.6. The molecule has 31 heavy (non-hydrogen) atoms. The number of halogens is 1. The Morgan fingerprint density at radius 1 is 1.13 bits per heavy atom. The van der Waals surface area contributed by atoms with E-state index in [0.717, 1.165) is 10.9 Å². The van der Waals surface area contributed by atoms with Crippen LogP contribution in [0.3, 0.4) is 0 Å². The maximum atomic E-state index is 12.1. The lowest BCUT2D eigenvalue weighted by Crippen LogP contribution is -2.30. The van der Waals surface area contributed by atoms with Gasteiger partial charge in [-0.2, -0.15) is 0 Å². The van der Waals surface area contributed by atoms with Crippen molar-refractivity contribution in [1.29, 1.82) is 0 Å². The summed E-state index contributed by atoms with van der Waals surface area (Å²) in [6, 6.07) is 15.0. The van der Waals surface area contributed by atoms with Crippen LogP contribution in [0.1, 0.15) is 5.56 Å². The molecule has 7 nitrogen and oxygen atoms in total. The van der Waals surface area contributed by atoms with Gasteiger partial charge in [-0.3, -0.25) is 9.59 Å². The van der Waals surface area contributed by atoms with Gasteiger partial charge in [-0.25, -0.2) is 9.97 Å². The van der Waals surface area contributed by atoms with Crippen LogP contribution in [0.5, 0.6) is 0 Å². The molecule has 4 rings (SSSR count). The van der Waals surface area contributed by atoms with Crippen LogP contribution in [-0.4, -0.2) is 40.7 Å². The van der Waals surface area contributed by atoms with Gasteiger partial charge in [-0.05, 0) is 36.2 Å². The van der Waals surface area contributed by atoms with Crippen LogP contribution in [0.25, 0.3) is 22.1 Å². The molecule has 1 N–H and O–H groups in total. The second-order valence-electron chi connectivity index (χ2n) is 6.63. The van der Waals surface area contributed by atoms with E-state index in [1.165, 1.54) is 18.1 Å². The Morgan fingerprint density at radius 3 is 2.87 bits per heavy atom. The average Bonchev–Trinajstić information content (AvgIpc) is 3.16. The lowest BCUT2D eigenvalue weighted by Gasteiger charge is -2.07. The van der Waals surface area contributed by atoms with Gasteiger partial charge in [0.05, 0.1) is 5.75 Å². The summed E-state index contributed by atoms with van der Waals surface area (Å²) < 4.78 is 10.9. The fourth-order valence-electron chi connectivity index (χ4n) is 3.01. The summed E-state index contributed by atoms with van der Waals surface area (Å²) in [6.07, 6.45) is 2.07. The van der Waals surface area contributed by atoms with E-state index >= 15 is 0 Å². The lowest BCUT2D eigenvalue weighted by molar-refractivity contribution is -0.145. The predicted molar refractivity (Wildman–Crippen MR) is 119 cm³/mol. The smallest absolute Gasteiger partial charge is 0.316 e. The van der Waals surface area contributed by atoms with Crippen LogP contribution < -0.4 is 5.32 Å². The molecular formula is C22H18ClN3O4S. The van der Waals surface area contributed by atoms with E-state index in [1.54, 1.807) is 6.07 Å². The number of ether oxygens (including phenoxy) is 1. The van der Waals surface area contributed by atoms with E-state index in [9.17, 15) is 9.59 Å². The van der Waals surface area contributed by atoms with Gasteiger partial charge in [0.2, 0.25) is 0 Å². The molecular weight excluding hydrogens is 438 g/mol. The maximum Gasteiger partial charge on any atom is 0.316 e. The summed E-state index contributed by atoms with van der Waals surface area (Å²) in [6.45, 7) is 0.0925. The number of carbonyl (C=O) groups excluding carboxylic acids is 2. The number of fused-ring (bicyclic) bond motifs is 3. The minimum Gasteiger partial charge on any atom is -0.455 e. The first kappa shape index (κ1) is 21.1. The van der Waals surface area contributed by atoms with Gasteiger partial charge < -0.3 is 14.5 Å². The number of esters is 1. The van der Waals surface area contributed by atoms with Crippen LogP contribution in [0.2, 0.25) is 5.02 Å². The molecule has 0 saturated heterocycles. The van der Waals surface area contributed by atoms with E-state index in [4.69, 9.17) is 20.8 Å². The Kier molecular flexibility index (Phi) is 6.69. The SMILES string of the molecule is O=C(COC(=O)CSc1ncnc2c1oc1ccccc12)NCCc1cccc(Cl)c1. The van der Waals surface area contributed by atoms with E-state index in [-0.39, 0.29) is 18.3 Å². The summed E-state index contributed by atoms with van der Waals surface area (Å²) in [5, 5.41) is 4.80. The van der Waals surface area contributed by atoms with Crippen molar-refractivity contribution in [1.82, 2.24) is 15.3 Å². The van der Waals surface area contributed by atoms with Crippen molar-refractivity contribution in [2.24, 2.45) is 0 Å². The molecule has 0 unspecified atom stereocenters. The monoisotopic (exact) mass is 455 g/mol. The number of benzene rings is 2. The van der Waals surface area contributed by atoms with Crippen LogP contribution in [0, 0.1) is 0 Å². The van der Waals surface area contributed by atoms with Gasteiger partial charge in [0, 0.05) is 17.0 Å². The fourth-order valence-corrected chi connectivity index (χ4v) is 3.95. The summed E-state index contributed by atoms with van der Waals surface area (Å²) >= 11 is 7.11. The highest BCUT2D eigenvalue weighted by atomic mass is 35.5. The molecule has 0 bridgehead atoms. The first-order valence-corrected chi connectivity index (χ1v) is 10.9. The Morgan fingerprint density at radius 2 is 2.00 bits per heavy atom. The molecule has 0 spiro atoms. The Labute approximate surface area is 187 Å². The highest BCUT2D eigenvalue weighted by molar-refractivity contribution is 8.00. The molecule has 0 saturated carbocycles. The standard InChI is InChI=1S/C22H18ClN3O4S/c23-15-5-3-4-14(10-15)8-9-24-18(27)11-29-19(28)12-31-22-21-20(25-13-26-22)16-6-1-2-7-17(16)30-21/h1-7,10,13H,8-9,11-12H2,(H,24,27). The van der Waals surface area contributed by atoms with E-state index < -0.39 is 5.97 Å². The second kappa shape index (κ2) is 9.80. The zero-order valence-corrected chi connectivity index (χ0v) is 17.9. The van der Waals surface area contributed by atoms with Gasteiger partial charge in [-0.1, -0.05) is 47.6 Å². The number of hydrogen-bond acceptors (Lipinski definition) is 7. The third-order valence-electron chi connectivity index (χ3n) is 4.44. The number of furan rings is 1. The van der Waals surface area contributed by atoms with Crippen molar-refractivity contribution in [3.8, 4) is 0 Å². The van der Waals surface area contributed by atoms with Crippen LogP contribution in [0.15, 0.2) is 64.3 Å². The Hall–Kier alpha value is -3.10. The van der Waals surface area contributed by atoms with Crippen LogP contribution >= 0.6 is 23.4 Å². The summed E-state index contributed by atoms with van der Waals surface area (Å²) in [7, 11) is 0. The summed E-state index contributed by atoms with van der Waals surface area (Å²) in [4.78, 5) is 32.4. The molecule has 0 fully saturated rings. The van der Waals surface area contributed by atoms with Gasteiger partial charge in [-0.15, -0.1) is 0 Å². The molecule has 2 aromatic heterocycles. The number of nitrogens with one attached hydrogen (secondary N) is 1. The number of nitrogens with zero attached hydrogens (tertiary/aromatic N) is 2. The molecule has 0 aliphatic rings. The molecule has 0 radical (unpaired) electrons. The molecule has 2 heterocycles. The molecule has 0 atom stereocenters. The Balaban J connectivity index is 1.24. The molecule has 4 aromatic rings. The second-order valence-corrected chi connectivity index (χ2v) is 8.03. The topological polar surface area (TPSA) is 94.3 Å². The first-order chi connectivity index (χ1) is 15.1. The fraction of sp³-hybridized carbons (Fsp3) is 0.182. The summed E-state index contributed by atoms with van der Waals surface area (Å²) in [5.41, 5.74) is 2.95. The highest BCUT2D eigenvalue weighted by Gasteiger charge is 2.15. The Bertz CT molecular complexity index is 1240. The van der Waals surface area contributed by atoms with Gasteiger partial charge in [0.15, 0.2) is 12.2 Å². The van der Waals surface area contributed by atoms with Crippen molar-refractivity contribution in [3.05, 3.63) is 65.4 Å². The number of carbonyl (C=O) groups is 2. The molecule has 2 aromatic carbocycles. The summed E-state index contributed by atoms with van der Waals surface area (Å²) in [5.74, 6) is -0.876. The van der Waals surface area contributed by atoms with Crippen LogP contribution in [0.4, 0.5) is 0 Å². The molecule has 0 aliphatic carbocycles. The number of thioether (sulfide) groups is 1. The third kappa shape index (κ3) is 5.34. The van der Waals surface area contributed by atoms with Crippen molar-refractivity contribution >= 4 is 57.3 Å². The normalized spacial score (nSPS) is 11.0. The van der Waals surface area contributed by atoms with E-state index in [2.05, 4.69) is 15.3 Å². The number of rotatable bonds is 8. The average molecular weight is 456 g/mol. The van der Waals surface area contributed by atoms with Crippen molar-refractivity contribution in [3.63, 3.8) is 0 Å². The lowest BCUT2D eigenvalue weighted by atomic mass is 10.1. The van der Waals surface area contributed by atoms with Crippen molar-refractivity contribution in [2.75, 3.05) is 18.9 Å². The first-order valence-electron chi connectivity index (χ1n) is 9.52. The van der Waals surface area contributed by atoms with Gasteiger partial charge in [0.1, 0.15) is 22.5 Å². The molecule has 9 heteroatoms. The largest absolute Gasteiger partial charge is 0.455 e. The minimum absolute atomic E-state index is 0.00104. The molecule has 1 amide bonds. The zero-order valence-electron chi connectivity index (χ0n) is 16.3. The van der Waals surface area contributed by atoms with E-state index in [0.29, 0.717) is 39.7 Å². The maximum absolute atomic E-state index is 12.1. The van der Waals surface area contributed by atoms with Gasteiger partial charge in [0.25, 0.3) is 5.91 Å². The van der Waals surface area contributed by atoms with Crippen molar-refractivity contribution in [2.45, 2.75) is 11.4 Å². The van der Waals surface area contributed by atoms with Crippen molar-refractivity contribution < 1.29 is 18.7 Å². The number of aromatic nitrogens is 2.